The fraction of sp³-hybridized carbons (Fsp3) is 0.500. The monoisotopic (exact) mass is 374 g/mol. The maximum atomic E-state index is 13.0. The number of aliphatic hydroxyl groups is 1. The molecule has 146 valence electrons. The number of aryl methyl sites for hydroxylation is 1. The zero-order valence-electron chi connectivity index (χ0n) is 16.1. The molecule has 1 atom stereocenters. The van der Waals surface area contributed by atoms with Crippen LogP contribution in [0.25, 0.3) is 0 Å². The SMILES string of the molecule is Cn1nc(C(=O)NCc2ccc(F)cc2)c2c1CC[C@@H](NC(C)(C)CO)C2. The number of fused-ring (bicyclic) bond motifs is 1. The van der Waals surface area contributed by atoms with Gasteiger partial charge < -0.3 is 15.7 Å². The van der Waals surface area contributed by atoms with E-state index in [1.54, 1.807) is 16.8 Å². The number of aromatic nitrogens is 2. The Balaban J connectivity index is 1.71. The second kappa shape index (κ2) is 7.78. The summed E-state index contributed by atoms with van der Waals surface area (Å²) in [6, 6.07) is 6.25. The molecule has 0 unspecified atom stereocenters. The lowest BCUT2D eigenvalue weighted by molar-refractivity contribution is 0.0944. The number of nitrogens with one attached hydrogen (secondary N) is 2. The molecule has 0 saturated heterocycles. The van der Waals surface area contributed by atoms with Crippen molar-refractivity contribution in [2.75, 3.05) is 6.61 Å². The Morgan fingerprint density at radius 3 is 2.74 bits per heavy atom. The lowest BCUT2D eigenvalue weighted by Gasteiger charge is -2.32. The predicted molar refractivity (Wildman–Crippen MR) is 101 cm³/mol. The molecule has 7 heteroatoms. The number of hydrogen-bond acceptors (Lipinski definition) is 4. The van der Waals surface area contributed by atoms with Gasteiger partial charge in [0, 0.05) is 36.4 Å². The highest BCUT2D eigenvalue weighted by atomic mass is 19.1. The van der Waals surface area contributed by atoms with Crippen molar-refractivity contribution in [2.24, 2.45) is 7.05 Å². The van der Waals surface area contributed by atoms with E-state index in [1.165, 1.54) is 12.1 Å². The van der Waals surface area contributed by atoms with Crippen molar-refractivity contribution < 1.29 is 14.3 Å². The van der Waals surface area contributed by atoms with E-state index in [-0.39, 0.29) is 29.9 Å². The molecule has 0 radical (unpaired) electrons. The lowest BCUT2D eigenvalue weighted by atomic mass is 9.89. The number of benzene rings is 1. The minimum absolute atomic E-state index is 0.0500. The van der Waals surface area contributed by atoms with E-state index in [0.717, 1.165) is 29.7 Å². The Bertz CT molecular complexity index is 814. The molecule has 1 aliphatic carbocycles. The molecule has 2 aromatic rings. The van der Waals surface area contributed by atoms with Gasteiger partial charge in [-0.25, -0.2) is 4.39 Å². The topological polar surface area (TPSA) is 79.2 Å². The van der Waals surface area contributed by atoms with Crippen LogP contribution in [0.3, 0.4) is 0 Å². The molecule has 0 spiro atoms. The van der Waals surface area contributed by atoms with Crippen LogP contribution in [0.15, 0.2) is 24.3 Å². The number of carbonyl (C=O) groups excluding carboxylic acids is 1. The molecule has 0 fully saturated rings. The van der Waals surface area contributed by atoms with Crippen LogP contribution in [0.1, 0.15) is 47.6 Å². The van der Waals surface area contributed by atoms with E-state index in [0.29, 0.717) is 18.7 Å². The quantitative estimate of drug-likeness (QED) is 0.719. The van der Waals surface area contributed by atoms with Gasteiger partial charge in [0.1, 0.15) is 5.82 Å². The molecular formula is C20H27FN4O2. The van der Waals surface area contributed by atoms with Gasteiger partial charge in [-0.05, 0) is 50.8 Å². The highest BCUT2D eigenvalue weighted by Crippen LogP contribution is 2.25. The van der Waals surface area contributed by atoms with Crippen molar-refractivity contribution in [3.05, 3.63) is 52.6 Å². The Labute approximate surface area is 158 Å². The molecule has 0 saturated carbocycles. The second-order valence-corrected chi connectivity index (χ2v) is 7.83. The first kappa shape index (κ1) is 19.5. The zero-order valence-corrected chi connectivity index (χ0v) is 16.1. The summed E-state index contributed by atoms with van der Waals surface area (Å²) >= 11 is 0. The van der Waals surface area contributed by atoms with Gasteiger partial charge >= 0.3 is 0 Å². The maximum absolute atomic E-state index is 13.0. The molecule has 1 amide bonds. The van der Waals surface area contributed by atoms with Gasteiger partial charge in [0.15, 0.2) is 5.69 Å². The summed E-state index contributed by atoms with van der Waals surface area (Å²) in [6.45, 7) is 4.29. The molecule has 1 aromatic heterocycles. The van der Waals surface area contributed by atoms with Crippen molar-refractivity contribution in [3.63, 3.8) is 0 Å². The standard InChI is InChI=1S/C20H27FN4O2/c1-20(2,12-26)23-15-8-9-17-16(10-15)18(24-25(17)3)19(27)22-11-13-4-6-14(21)7-5-13/h4-7,15,23,26H,8-12H2,1-3H3,(H,22,27)/t15-/m1/s1. The van der Waals surface area contributed by atoms with Gasteiger partial charge in [-0.15, -0.1) is 0 Å². The summed E-state index contributed by atoms with van der Waals surface area (Å²) in [7, 11) is 1.86. The number of rotatable bonds is 6. The summed E-state index contributed by atoms with van der Waals surface area (Å²) in [4.78, 5) is 12.7. The number of nitrogens with zero attached hydrogens (tertiary/aromatic N) is 2. The second-order valence-electron chi connectivity index (χ2n) is 7.83. The third-order valence-electron chi connectivity index (χ3n) is 5.03. The average Bonchev–Trinajstić information content (AvgIpc) is 2.97. The van der Waals surface area contributed by atoms with E-state index < -0.39 is 0 Å². The zero-order chi connectivity index (χ0) is 19.6. The summed E-state index contributed by atoms with van der Waals surface area (Å²) < 4.78 is 14.8. The van der Waals surface area contributed by atoms with E-state index in [9.17, 15) is 14.3 Å². The minimum atomic E-state index is -0.366. The van der Waals surface area contributed by atoms with Crippen LogP contribution in [0.4, 0.5) is 4.39 Å². The van der Waals surface area contributed by atoms with Crippen LogP contribution in [0.5, 0.6) is 0 Å². The predicted octanol–water partition coefficient (Wildman–Crippen LogP) is 1.71. The van der Waals surface area contributed by atoms with E-state index in [2.05, 4.69) is 15.7 Å². The van der Waals surface area contributed by atoms with Crippen molar-refractivity contribution in [3.8, 4) is 0 Å². The molecule has 1 aliphatic rings. The third-order valence-corrected chi connectivity index (χ3v) is 5.03. The summed E-state index contributed by atoms with van der Waals surface area (Å²) in [5, 5.41) is 20.3. The normalized spacial score (nSPS) is 16.9. The Morgan fingerprint density at radius 2 is 2.07 bits per heavy atom. The highest BCUT2D eigenvalue weighted by Gasteiger charge is 2.30. The van der Waals surface area contributed by atoms with Gasteiger partial charge in [0.05, 0.1) is 6.61 Å². The molecule has 27 heavy (non-hydrogen) atoms. The Kier molecular flexibility index (Phi) is 5.62. The van der Waals surface area contributed by atoms with Crippen LogP contribution in [-0.4, -0.2) is 39.0 Å². The smallest absolute Gasteiger partial charge is 0.272 e. The number of amides is 1. The molecule has 1 heterocycles. The number of halogens is 1. The van der Waals surface area contributed by atoms with Crippen LogP contribution in [-0.2, 0) is 26.4 Å². The maximum Gasteiger partial charge on any atom is 0.272 e. The number of aliphatic hydroxyl groups excluding tert-OH is 1. The Morgan fingerprint density at radius 1 is 1.37 bits per heavy atom. The molecule has 1 aromatic carbocycles. The molecule has 6 nitrogen and oxygen atoms in total. The minimum Gasteiger partial charge on any atom is -0.394 e. The van der Waals surface area contributed by atoms with Crippen LogP contribution >= 0.6 is 0 Å². The first-order valence-corrected chi connectivity index (χ1v) is 9.25. The number of carbonyl (C=O) groups is 1. The molecule has 0 aliphatic heterocycles. The van der Waals surface area contributed by atoms with Crippen LogP contribution < -0.4 is 10.6 Å². The van der Waals surface area contributed by atoms with Gasteiger partial charge in [0.25, 0.3) is 5.91 Å². The largest absolute Gasteiger partial charge is 0.394 e. The van der Waals surface area contributed by atoms with Crippen molar-refractivity contribution in [1.82, 2.24) is 20.4 Å². The van der Waals surface area contributed by atoms with Gasteiger partial charge in [0.2, 0.25) is 0 Å². The van der Waals surface area contributed by atoms with E-state index >= 15 is 0 Å². The van der Waals surface area contributed by atoms with Crippen molar-refractivity contribution in [1.29, 1.82) is 0 Å². The molecule has 3 rings (SSSR count). The highest BCUT2D eigenvalue weighted by molar-refractivity contribution is 5.94. The Hall–Kier alpha value is -2.25. The van der Waals surface area contributed by atoms with Crippen molar-refractivity contribution in [2.45, 2.75) is 51.2 Å². The van der Waals surface area contributed by atoms with Crippen molar-refractivity contribution >= 4 is 5.91 Å². The fourth-order valence-electron chi connectivity index (χ4n) is 3.56. The fourth-order valence-corrected chi connectivity index (χ4v) is 3.56. The van der Waals surface area contributed by atoms with Gasteiger partial charge in [-0.1, -0.05) is 12.1 Å². The third kappa shape index (κ3) is 4.54. The average molecular weight is 374 g/mol. The summed E-state index contributed by atoms with van der Waals surface area (Å²) in [5.41, 5.74) is 2.96. The lowest BCUT2D eigenvalue weighted by Crippen LogP contribution is -2.50. The molecule has 0 bridgehead atoms. The van der Waals surface area contributed by atoms with Crippen LogP contribution in [0, 0.1) is 5.82 Å². The van der Waals surface area contributed by atoms with Gasteiger partial charge in [-0.3, -0.25) is 9.48 Å². The van der Waals surface area contributed by atoms with E-state index in [4.69, 9.17) is 0 Å². The number of hydrogen-bond donors (Lipinski definition) is 3. The van der Waals surface area contributed by atoms with Gasteiger partial charge in [-0.2, -0.15) is 5.10 Å². The molecule has 3 N–H and O–H groups in total. The van der Waals surface area contributed by atoms with E-state index in [1.807, 2.05) is 20.9 Å². The summed E-state index contributed by atoms with van der Waals surface area (Å²) in [6.07, 6.45) is 2.47. The summed E-state index contributed by atoms with van der Waals surface area (Å²) in [5.74, 6) is -0.522. The first-order valence-electron chi connectivity index (χ1n) is 9.25. The van der Waals surface area contributed by atoms with Crippen LogP contribution in [0.2, 0.25) is 0 Å². The molecular weight excluding hydrogens is 347 g/mol. The first-order chi connectivity index (χ1) is 12.8.